The second-order valence-electron chi connectivity index (χ2n) is 11.9. The Balaban J connectivity index is 1.13. The molecular formula is C30H37ClN2O2. The zero-order chi connectivity index (χ0) is 24.0. The molecule has 2 aromatic carbocycles. The molecular weight excluding hydrogens is 456 g/mol. The standard InChI is InChI=1S/C30H37ClN2O2/c31-26-15-22(30-16-19-12-20(17-30)14-21(13-19)18-30)6-11-28(26)33-24-9-7-23(8-10-24)32-27-5-3-1-2-4-25(27)29(34)35/h6-11,15,19-21,25,27,32-33H,1-5,12-14,16-18H2,(H,34,35). The van der Waals surface area contributed by atoms with Crippen LogP contribution in [0.2, 0.25) is 5.02 Å². The van der Waals surface area contributed by atoms with Crippen LogP contribution in [0.4, 0.5) is 17.1 Å². The van der Waals surface area contributed by atoms with Gasteiger partial charge < -0.3 is 15.7 Å². The van der Waals surface area contributed by atoms with Crippen molar-refractivity contribution in [2.75, 3.05) is 10.6 Å². The molecule has 4 nitrogen and oxygen atoms in total. The van der Waals surface area contributed by atoms with E-state index >= 15 is 0 Å². The molecule has 2 unspecified atom stereocenters. The van der Waals surface area contributed by atoms with Gasteiger partial charge in [0.2, 0.25) is 0 Å². The van der Waals surface area contributed by atoms with Crippen molar-refractivity contribution < 1.29 is 9.90 Å². The summed E-state index contributed by atoms with van der Waals surface area (Å²) in [4.78, 5) is 11.7. The first-order valence-corrected chi connectivity index (χ1v) is 14.0. The number of hydrogen-bond donors (Lipinski definition) is 3. The number of aliphatic carboxylic acids is 1. The lowest BCUT2D eigenvalue weighted by molar-refractivity contribution is -0.142. The number of benzene rings is 2. The Hall–Kier alpha value is -2.20. The number of halogens is 1. The molecule has 0 amide bonds. The summed E-state index contributed by atoms with van der Waals surface area (Å²) in [6.07, 6.45) is 13.3. The lowest BCUT2D eigenvalue weighted by Crippen LogP contribution is -2.48. The van der Waals surface area contributed by atoms with Crippen LogP contribution in [0, 0.1) is 23.7 Å². The lowest BCUT2D eigenvalue weighted by Gasteiger charge is -2.57. The molecule has 2 aromatic rings. The molecule has 0 aromatic heterocycles. The second kappa shape index (κ2) is 9.35. The van der Waals surface area contributed by atoms with Crippen LogP contribution < -0.4 is 10.6 Å². The van der Waals surface area contributed by atoms with Crippen molar-refractivity contribution >= 4 is 34.6 Å². The Kier molecular flexibility index (Phi) is 6.20. The molecule has 186 valence electrons. The van der Waals surface area contributed by atoms with Crippen molar-refractivity contribution in [3.05, 3.63) is 53.1 Å². The van der Waals surface area contributed by atoms with Gasteiger partial charge >= 0.3 is 5.97 Å². The molecule has 0 saturated heterocycles. The smallest absolute Gasteiger partial charge is 0.308 e. The van der Waals surface area contributed by atoms with Gasteiger partial charge in [-0.2, -0.15) is 0 Å². The third-order valence-electron chi connectivity index (χ3n) is 9.47. The van der Waals surface area contributed by atoms with E-state index in [0.29, 0.717) is 5.41 Å². The lowest BCUT2D eigenvalue weighted by atomic mass is 9.48. The highest BCUT2D eigenvalue weighted by molar-refractivity contribution is 6.33. The Morgan fingerprint density at radius 1 is 0.857 bits per heavy atom. The fourth-order valence-corrected chi connectivity index (χ4v) is 8.43. The molecule has 0 aliphatic heterocycles. The second-order valence-corrected chi connectivity index (χ2v) is 12.3. The van der Waals surface area contributed by atoms with E-state index in [-0.39, 0.29) is 12.0 Å². The SMILES string of the molecule is O=C(O)C1CCCCCC1Nc1ccc(Nc2ccc(C34CC5CC(CC(C5)C3)C4)cc2Cl)cc1. The zero-order valence-electron chi connectivity index (χ0n) is 20.4. The monoisotopic (exact) mass is 492 g/mol. The van der Waals surface area contributed by atoms with Crippen molar-refractivity contribution in [3.63, 3.8) is 0 Å². The molecule has 5 heteroatoms. The number of carbonyl (C=O) groups is 1. The summed E-state index contributed by atoms with van der Waals surface area (Å²) >= 11 is 6.81. The Morgan fingerprint density at radius 2 is 1.49 bits per heavy atom. The maximum Gasteiger partial charge on any atom is 0.308 e. The number of carboxylic acid groups (broad SMARTS) is 1. The van der Waals surface area contributed by atoms with Crippen LogP contribution in [-0.4, -0.2) is 17.1 Å². The molecule has 5 aliphatic carbocycles. The highest BCUT2D eigenvalue weighted by atomic mass is 35.5. The van der Waals surface area contributed by atoms with Crippen LogP contribution in [0.3, 0.4) is 0 Å². The van der Waals surface area contributed by atoms with Crippen LogP contribution in [0.15, 0.2) is 42.5 Å². The van der Waals surface area contributed by atoms with Gasteiger partial charge in [-0.15, -0.1) is 0 Å². The molecule has 4 bridgehead atoms. The van der Waals surface area contributed by atoms with E-state index in [2.05, 4.69) is 28.8 Å². The van der Waals surface area contributed by atoms with Gasteiger partial charge in [0.25, 0.3) is 0 Å². The first kappa shape index (κ1) is 23.2. The Bertz CT molecular complexity index is 1050. The van der Waals surface area contributed by atoms with E-state index in [9.17, 15) is 9.90 Å². The average Bonchev–Trinajstić information content (AvgIpc) is 3.06. The highest BCUT2D eigenvalue weighted by Crippen LogP contribution is 2.61. The molecule has 2 atom stereocenters. The van der Waals surface area contributed by atoms with E-state index in [1.807, 2.05) is 24.3 Å². The first-order valence-electron chi connectivity index (χ1n) is 13.6. The van der Waals surface area contributed by atoms with E-state index in [4.69, 9.17) is 11.6 Å². The molecule has 5 fully saturated rings. The molecule has 35 heavy (non-hydrogen) atoms. The molecule has 0 radical (unpaired) electrons. The largest absolute Gasteiger partial charge is 0.481 e. The molecule has 3 N–H and O–H groups in total. The van der Waals surface area contributed by atoms with Gasteiger partial charge in [0, 0.05) is 17.4 Å². The van der Waals surface area contributed by atoms with Gasteiger partial charge in [-0.05, 0) is 116 Å². The van der Waals surface area contributed by atoms with Gasteiger partial charge in [-0.3, -0.25) is 4.79 Å². The number of nitrogens with one attached hydrogen (secondary N) is 2. The van der Waals surface area contributed by atoms with Crippen molar-refractivity contribution in [2.45, 2.75) is 82.1 Å². The highest BCUT2D eigenvalue weighted by Gasteiger charge is 2.51. The maximum absolute atomic E-state index is 11.7. The van der Waals surface area contributed by atoms with E-state index in [1.165, 1.54) is 44.1 Å². The van der Waals surface area contributed by atoms with E-state index < -0.39 is 5.97 Å². The number of anilines is 3. The minimum Gasteiger partial charge on any atom is -0.481 e. The summed E-state index contributed by atoms with van der Waals surface area (Å²) in [6.45, 7) is 0. The Morgan fingerprint density at radius 3 is 2.11 bits per heavy atom. The molecule has 0 heterocycles. The van der Waals surface area contributed by atoms with Gasteiger partial charge in [-0.1, -0.05) is 36.9 Å². The molecule has 5 aliphatic rings. The summed E-state index contributed by atoms with van der Waals surface area (Å²) in [6, 6.07) is 14.8. The summed E-state index contributed by atoms with van der Waals surface area (Å²) in [5, 5.41) is 17.4. The fraction of sp³-hybridized carbons (Fsp3) is 0.567. The Labute approximate surface area is 213 Å². The van der Waals surface area contributed by atoms with Crippen molar-refractivity contribution in [2.24, 2.45) is 23.7 Å². The zero-order valence-corrected chi connectivity index (χ0v) is 21.2. The van der Waals surface area contributed by atoms with E-state index in [1.54, 1.807) is 0 Å². The molecule has 7 rings (SSSR count). The van der Waals surface area contributed by atoms with Crippen LogP contribution in [-0.2, 0) is 10.2 Å². The maximum atomic E-state index is 11.7. The quantitative estimate of drug-likeness (QED) is 0.357. The summed E-state index contributed by atoms with van der Waals surface area (Å²) in [7, 11) is 0. The molecule has 0 spiro atoms. The van der Waals surface area contributed by atoms with Crippen LogP contribution in [0.5, 0.6) is 0 Å². The van der Waals surface area contributed by atoms with Crippen molar-refractivity contribution in [1.29, 1.82) is 0 Å². The van der Waals surface area contributed by atoms with Crippen molar-refractivity contribution in [3.8, 4) is 0 Å². The number of carboxylic acids is 1. The molecule has 5 saturated carbocycles. The van der Waals surface area contributed by atoms with Crippen LogP contribution >= 0.6 is 11.6 Å². The van der Waals surface area contributed by atoms with Gasteiger partial charge in [0.05, 0.1) is 16.6 Å². The number of hydrogen-bond acceptors (Lipinski definition) is 3. The normalized spacial score (nSPS) is 33.8. The topological polar surface area (TPSA) is 61.4 Å². The van der Waals surface area contributed by atoms with Gasteiger partial charge in [0.1, 0.15) is 0 Å². The minimum atomic E-state index is -0.686. The van der Waals surface area contributed by atoms with Crippen LogP contribution in [0.25, 0.3) is 0 Å². The van der Waals surface area contributed by atoms with Gasteiger partial charge in [-0.25, -0.2) is 0 Å². The third kappa shape index (κ3) is 4.67. The predicted octanol–water partition coefficient (Wildman–Crippen LogP) is 8.00. The van der Waals surface area contributed by atoms with Gasteiger partial charge in [0.15, 0.2) is 0 Å². The summed E-state index contributed by atoms with van der Waals surface area (Å²) in [5.41, 5.74) is 4.70. The van der Waals surface area contributed by atoms with Crippen LogP contribution in [0.1, 0.15) is 76.2 Å². The van der Waals surface area contributed by atoms with E-state index in [0.717, 1.165) is 71.9 Å². The fourth-order valence-electron chi connectivity index (χ4n) is 8.21. The first-order chi connectivity index (χ1) is 17.0. The predicted molar refractivity (Wildman–Crippen MR) is 143 cm³/mol. The number of rotatable bonds is 6. The van der Waals surface area contributed by atoms with Crippen molar-refractivity contribution in [1.82, 2.24) is 0 Å². The average molecular weight is 493 g/mol. The summed E-state index contributed by atoms with van der Waals surface area (Å²) < 4.78 is 0. The minimum absolute atomic E-state index is 0.0135. The third-order valence-corrected chi connectivity index (χ3v) is 9.78. The summed E-state index contributed by atoms with van der Waals surface area (Å²) in [5.74, 6) is 1.77.